The lowest BCUT2D eigenvalue weighted by Gasteiger charge is -2.09. The van der Waals surface area contributed by atoms with E-state index in [4.69, 9.17) is 4.74 Å². The van der Waals surface area contributed by atoms with Crippen molar-refractivity contribution < 1.29 is 9.53 Å². The molecule has 1 atom stereocenters. The van der Waals surface area contributed by atoms with E-state index in [9.17, 15) is 4.79 Å². The van der Waals surface area contributed by atoms with E-state index in [1.165, 1.54) is 0 Å². The maximum atomic E-state index is 11.0. The number of likely N-dealkylation sites (N-methyl/N-ethyl adjacent to an activating group) is 1. The number of methoxy groups -OCH3 is 1. The number of hydrogen-bond donors (Lipinski definition) is 2. The van der Waals surface area contributed by atoms with Gasteiger partial charge in [-0.15, -0.1) is 0 Å². The van der Waals surface area contributed by atoms with E-state index in [1.54, 1.807) is 14.2 Å². The fourth-order valence-corrected chi connectivity index (χ4v) is 0.560. The molecule has 0 radical (unpaired) electrons. The van der Waals surface area contributed by atoms with Gasteiger partial charge in [-0.25, -0.2) is 0 Å². The molecule has 0 fully saturated rings. The zero-order valence-corrected chi connectivity index (χ0v) is 7.31. The molecule has 2 N–H and O–H groups in total. The van der Waals surface area contributed by atoms with Crippen molar-refractivity contribution >= 4 is 5.91 Å². The molecule has 0 aliphatic carbocycles. The lowest BCUT2D eigenvalue weighted by molar-refractivity contribution is -0.122. The van der Waals surface area contributed by atoms with Crippen LogP contribution in [-0.2, 0) is 9.53 Å². The highest BCUT2D eigenvalue weighted by molar-refractivity contribution is 5.81. The van der Waals surface area contributed by atoms with Gasteiger partial charge >= 0.3 is 0 Å². The Morgan fingerprint density at radius 3 is 2.73 bits per heavy atom. The van der Waals surface area contributed by atoms with Gasteiger partial charge < -0.3 is 15.4 Å². The number of hydrogen-bond acceptors (Lipinski definition) is 3. The Bertz CT molecular complexity index is 117. The highest BCUT2D eigenvalue weighted by Gasteiger charge is 2.07. The Morgan fingerprint density at radius 2 is 2.27 bits per heavy atom. The average Bonchev–Trinajstić information content (AvgIpc) is 2.03. The van der Waals surface area contributed by atoms with E-state index in [2.05, 4.69) is 10.6 Å². The summed E-state index contributed by atoms with van der Waals surface area (Å²) >= 11 is 0. The summed E-state index contributed by atoms with van der Waals surface area (Å²) in [5.41, 5.74) is 0. The van der Waals surface area contributed by atoms with Gasteiger partial charge in [0.25, 0.3) is 0 Å². The third-order valence-corrected chi connectivity index (χ3v) is 1.43. The molecule has 0 aliphatic heterocycles. The quantitative estimate of drug-likeness (QED) is 0.526. The monoisotopic (exact) mass is 160 g/mol. The van der Waals surface area contributed by atoms with Crippen molar-refractivity contribution in [3.05, 3.63) is 0 Å². The zero-order chi connectivity index (χ0) is 8.69. The molecule has 0 saturated heterocycles. The van der Waals surface area contributed by atoms with E-state index < -0.39 is 0 Å². The zero-order valence-electron chi connectivity index (χ0n) is 7.31. The second kappa shape index (κ2) is 6.12. The number of ether oxygens (including phenoxy) is 1. The van der Waals surface area contributed by atoms with Gasteiger partial charge in [-0.05, 0) is 14.0 Å². The van der Waals surface area contributed by atoms with Gasteiger partial charge in [0.05, 0.1) is 12.6 Å². The molecule has 4 heteroatoms. The van der Waals surface area contributed by atoms with Crippen molar-refractivity contribution in [1.82, 2.24) is 10.6 Å². The number of rotatable bonds is 5. The van der Waals surface area contributed by atoms with Crippen LogP contribution >= 0.6 is 0 Å². The van der Waals surface area contributed by atoms with E-state index in [0.717, 1.165) is 0 Å². The first-order chi connectivity index (χ1) is 5.22. The van der Waals surface area contributed by atoms with Crippen molar-refractivity contribution in [3.63, 3.8) is 0 Å². The summed E-state index contributed by atoms with van der Waals surface area (Å²) in [6, 6.07) is -0.133. The van der Waals surface area contributed by atoms with Crippen molar-refractivity contribution in [2.45, 2.75) is 13.0 Å². The molecule has 0 rings (SSSR count). The summed E-state index contributed by atoms with van der Waals surface area (Å²) in [7, 11) is 3.36. The summed E-state index contributed by atoms with van der Waals surface area (Å²) in [5.74, 6) is 0.00421. The van der Waals surface area contributed by atoms with Gasteiger partial charge in [0.15, 0.2) is 0 Å². The number of carbonyl (C=O) groups excluding carboxylic acids is 1. The largest absolute Gasteiger partial charge is 0.383 e. The van der Waals surface area contributed by atoms with Crippen LogP contribution in [0.3, 0.4) is 0 Å². The van der Waals surface area contributed by atoms with Gasteiger partial charge in [-0.3, -0.25) is 4.79 Å². The first kappa shape index (κ1) is 10.4. The average molecular weight is 160 g/mol. The molecule has 0 aromatic carbocycles. The molecular weight excluding hydrogens is 144 g/mol. The Morgan fingerprint density at radius 1 is 1.64 bits per heavy atom. The van der Waals surface area contributed by atoms with Crippen LogP contribution in [0.2, 0.25) is 0 Å². The summed E-state index contributed by atoms with van der Waals surface area (Å²) in [5, 5.41) is 5.55. The van der Waals surface area contributed by atoms with E-state index in [0.29, 0.717) is 13.2 Å². The van der Waals surface area contributed by atoms with Gasteiger partial charge in [0.2, 0.25) is 5.91 Å². The molecule has 0 bridgehead atoms. The predicted molar refractivity (Wildman–Crippen MR) is 43.4 cm³/mol. The third-order valence-electron chi connectivity index (χ3n) is 1.43. The molecule has 0 unspecified atom stereocenters. The van der Waals surface area contributed by atoms with E-state index in [-0.39, 0.29) is 11.9 Å². The molecule has 0 aromatic heterocycles. The first-order valence-electron chi connectivity index (χ1n) is 3.66. The maximum absolute atomic E-state index is 11.0. The summed E-state index contributed by atoms with van der Waals surface area (Å²) in [6.07, 6.45) is 0. The minimum Gasteiger partial charge on any atom is -0.383 e. The van der Waals surface area contributed by atoms with Crippen LogP contribution in [0.15, 0.2) is 0 Å². The fourth-order valence-electron chi connectivity index (χ4n) is 0.560. The van der Waals surface area contributed by atoms with E-state index >= 15 is 0 Å². The fraction of sp³-hybridized carbons (Fsp3) is 0.857. The van der Waals surface area contributed by atoms with Crippen molar-refractivity contribution in [2.75, 3.05) is 27.3 Å². The first-order valence-corrected chi connectivity index (χ1v) is 3.66. The Labute approximate surface area is 67.3 Å². The smallest absolute Gasteiger partial charge is 0.236 e. The van der Waals surface area contributed by atoms with Crippen LogP contribution in [0, 0.1) is 0 Å². The van der Waals surface area contributed by atoms with Gasteiger partial charge in [-0.2, -0.15) is 0 Å². The van der Waals surface area contributed by atoms with Crippen LogP contribution in [0.25, 0.3) is 0 Å². The molecule has 0 aliphatic rings. The van der Waals surface area contributed by atoms with Gasteiger partial charge in [-0.1, -0.05) is 0 Å². The minimum absolute atomic E-state index is 0.00421. The summed E-state index contributed by atoms with van der Waals surface area (Å²) in [4.78, 5) is 11.0. The van der Waals surface area contributed by atoms with Crippen LogP contribution in [0.5, 0.6) is 0 Å². The normalized spacial score (nSPS) is 12.6. The highest BCUT2D eigenvalue weighted by Crippen LogP contribution is 1.78. The third kappa shape index (κ3) is 4.75. The van der Waals surface area contributed by atoms with Gasteiger partial charge in [0.1, 0.15) is 0 Å². The molecule has 66 valence electrons. The van der Waals surface area contributed by atoms with Crippen LogP contribution in [0.4, 0.5) is 0 Å². The second-order valence-electron chi connectivity index (χ2n) is 2.29. The SMILES string of the molecule is CN[C@@H](C)C(=O)NCCOC. The lowest BCUT2D eigenvalue weighted by Crippen LogP contribution is -2.41. The standard InChI is InChI=1S/C7H16N2O2/c1-6(8-2)7(10)9-4-5-11-3/h6,8H,4-5H2,1-3H3,(H,9,10)/t6-/m0/s1. The Balaban J connectivity index is 3.36. The molecule has 0 aromatic rings. The molecule has 1 amide bonds. The van der Waals surface area contributed by atoms with Crippen LogP contribution in [-0.4, -0.2) is 39.3 Å². The molecule has 0 saturated carbocycles. The lowest BCUT2D eigenvalue weighted by atomic mass is 10.3. The van der Waals surface area contributed by atoms with Crippen molar-refractivity contribution in [1.29, 1.82) is 0 Å². The predicted octanol–water partition coefficient (Wildman–Crippen LogP) is -0.643. The minimum atomic E-state index is -0.133. The van der Waals surface area contributed by atoms with Gasteiger partial charge in [0, 0.05) is 13.7 Å². The second-order valence-corrected chi connectivity index (χ2v) is 2.29. The van der Waals surface area contributed by atoms with Crippen molar-refractivity contribution in [2.24, 2.45) is 0 Å². The number of carbonyl (C=O) groups is 1. The molecule has 4 nitrogen and oxygen atoms in total. The topological polar surface area (TPSA) is 50.4 Å². The molecule has 0 spiro atoms. The summed E-state index contributed by atoms with van der Waals surface area (Å²) in [6.45, 7) is 2.94. The summed E-state index contributed by atoms with van der Waals surface area (Å²) < 4.78 is 4.77. The Kier molecular flexibility index (Phi) is 5.78. The van der Waals surface area contributed by atoms with Crippen molar-refractivity contribution in [3.8, 4) is 0 Å². The molecule has 11 heavy (non-hydrogen) atoms. The Hall–Kier alpha value is -0.610. The highest BCUT2D eigenvalue weighted by atomic mass is 16.5. The van der Waals surface area contributed by atoms with Crippen LogP contribution < -0.4 is 10.6 Å². The van der Waals surface area contributed by atoms with E-state index in [1.807, 2.05) is 6.92 Å². The number of amides is 1. The molecular formula is C7H16N2O2. The maximum Gasteiger partial charge on any atom is 0.236 e. The molecule has 0 heterocycles. The number of nitrogens with one attached hydrogen (secondary N) is 2. The van der Waals surface area contributed by atoms with Crippen LogP contribution in [0.1, 0.15) is 6.92 Å².